The summed E-state index contributed by atoms with van der Waals surface area (Å²) in [4.78, 5) is 15.2. The minimum atomic E-state index is -0.0259. The lowest BCUT2D eigenvalue weighted by molar-refractivity contribution is 0.0731. The molecule has 0 saturated carbocycles. The van der Waals surface area contributed by atoms with Gasteiger partial charge in [0.05, 0.1) is 24.8 Å². The van der Waals surface area contributed by atoms with Crippen LogP contribution in [0.1, 0.15) is 41.4 Å². The third-order valence-corrected chi connectivity index (χ3v) is 5.34. The molecule has 0 spiro atoms. The molecule has 2 aliphatic rings. The zero-order chi connectivity index (χ0) is 18.2. The Kier molecular flexibility index (Phi) is 3.96. The summed E-state index contributed by atoms with van der Waals surface area (Å²) in [5.74, 6) is 1.53. The van der Waals surface area contributed by atoms with Crippen LogP contribution in [-0.4, -0.2) is 40.8 Å². The number of carbonyl (C=O) groups excluding carboxylic acids is 1. The van der Waals surface area contributed by atoms with Gasteiger partial charge in [0.15, 0.2) is 17.2 Å². The minimum Gasteiger partial charge on any atom is -0.490 e. The molecule has 1 saturated heterocycles. The minimum absolute atomic E-state index is 0.0259. The van der Waals surface area contributed by atoms with Crippen molar-refractivity contribution in [1.82, 2.24) is 15.1 Å². The highest BCUT2D eigenvalue weighted by atomic mass is 16.5. The number of carbonyl (C=O) groups is 1. The molecule has 3 aromatic rings. The molecule has 2 aliphatic heterocycles. The van der Waals surface area contributed by atoms with Crippen LogP contribution in [0, 0.1) is 0 Å². The summed E-state index contributed by atoms with van der Waals surface area (Å²) < 4.78 is 11.6. The Hall–Kier alpha value is -3.02. The molecule has 3 heterocycles. The zero-order valence-electron chi connectivity index (χ0n) is 15.0. The smallest absolute Gasteiger partial charge is 0.275 e. The van der Waals surface area contributed by atoms with E-state index in [4.69, 9.17) is 9.47 Å². The molecule has 5 rings (SSSR count). The average Bonchev–Trinajstić information content (AvgIpc) is 3.29. The maximum atomic E-state index is 13.2. The molecule has 6 heteroatoms. The fourth-order valence-electron chi connectivity index (χ4n) is 4.01. The quantitative estimate of drug-likeness (QED) is 0.754. The van der Waals surface area contributed by atoms with Crippen molar-refractivity contribution in [2.24, 2.45) is 0 Å². The summed E-state index contributed by atoms with van der Waals surface area (Å²) in [6.07, 6.45) is 2.80. The van der Waals surface area contributed by atoms with Crippen LogP contribution in [0.25, 0.3) is 10.9 Å². The van der Waals surface area contributed by atoms with E-state index in [0.717, 1.165) is 53.8 Å². The van der Waals surface area contributed by atoms with E-state index in [0.29, 0.717) is 18.9 Å². The van der Waals surface area contributed by atoms with E-state index in [-0.39, 0.29) is 11.9 Å². The number of amides is 1. The number of nitrogens with one attached hydrogen (secondary N) is 1. The van der Waals surface area contributed by atoms with Crippen LogP contribution in [0.15, 0.2) is 42.5 Å². The Morgan fingerprint density at radius 3 is 2.85 bits per heavy atom. The van der Waals surface area contributed by atoms with Gasteiger partial charge in [-0.1, -0.05) is 24.3 Å². The molecular formula is C21H21N3O3. The normalized spacial score (nSPS) is 19.3. The van der Waals surface area contributed by atoms with Gasteiger partial charge in [-0.25, -0.2) is 0 Å². The standard InChI is InChI=1S/C21H21N3O3/c25-21(20-15-5-1-2-6-16(15)22-23-20)24-10-3-7-17(24)14-8-9-18-19(13-14)27-12-4-11-26-18/h1-2,5-6,8-9,13,17H,3-4,7,10-12H2,(H,22,23)/t17-/m1/s1. The van der Waals surface area contributed by atoms with Crippen molar-refractivity contribution >= 4 is 16.8 Å². The number of aromatic amines is 1. The number of fused-ring (bicyclic) bond motifs is 2. The fraction of sp³-hybridized carbons (Fsp3) is 0.333. The first-order valence-corrected chi connectivity index (χ1v) is 9.45. The number of ether oxygens (including phenoxy) is 2. The van der Waals surface area contributed by atoms with E-state index in [1.54, 1.807) is 0 Å². The number of nitrogens with zero attached hydrogens (tertiary/aromatic N) is 2. The van der Waals surface area contributed by atoms with Crippen LogP contribution < -0.4 is 9.47 Å². The van der Waals surface area contributed by atoms with Gasteiger partial charge in [0.1, 0.15) is 0 Å². The fourth-order valence-corrected chi connectivity index (χ4v) is 4.01. The summed E-state index contributed by atoms with van der Waals surface area (Å²) in [5.41, 5.74) is 2.46. The lowest BCUT2D eigenvalue weighted by Crippen LogP contribution is -2.31. The largest absolute Gasteiger partial charge is 0.490 e. The van der Waals surface area contributed by atoms with Crippen molar-refractivity contribution in [3.05, 3.63) is 53.7 Å². The molecule has 1 fully saturated rings. The number of hydrogen-bond donors (Lipinski definition) is 1. The maximum absolute atomic E-state index is 13.2. The Balaban J connectivity index is 1.47. The monoisotopic (exact) mass is 363 g/mol. The van der Waals surface area contributed by atoms with Crippen LogP contribution in [0.2, 0.25) is 0 Å². The SMILES string of the molecule is O=C(c1n[nH]c2ccccc12)N1CCC[C@@H]1c1ccc2c(c1)OCCCO2. The number of H-pyrrole nitrogens is 1. The van der Waals surface area contributed by atoms with Gasteiger partial charge in [0.25, 0.3) is 5.91 Å². The van der Waals surface area contributed by atoms with Crippen LogP contribution in [0.3, 0.4) is 0 Å². The molecule has 0 radical (unpaired) electrons. The number of hydrogen-bond acceptors (Lipinski definition) is 4. The molecular weight excluding hydrogens is 342 g/mol. The van der Waals surface area contributed by atoms with Crippen molar-refractivity contribution < 1.29 is 14.3 Å². The van der Waals surface area contributed by atoms with Crippen molar-refractivity contribution in [3.8, 4) is 11.5 Å². The molecule has 0 unspecified atom stereocenters. The van der Waals surface area contributed by atoms with Gasteiger partial charge < -0.3 is 14.4 Å². The molecule has 1 N–H and O–H groups in total. The molecule has 6 nitrogen and oxygen atoms in total. The summed E-state index contributed by atoms with van der Waals surface area (Å²) in [7, 11) is 0. The maximum Gasteiger partial charge on any atom is 0.275 e. The second-order valence-corrected chi connectivity index (χ2v) is 7.03. The Morgan fingerprint density at radius 1 is 1.07 bits per heavy atom. The molecule has 2 aromatic carbocycles. The summed E-state index contributed by atoms with van der Waals surface area (Å²) in [5, 5.41) is 8.12. The van der Waals surface area contributed by atoms with Gasteiger partial charge in [0, 0.05) is 18.4 Å². The highest BCUT2D eigenvalue weighted by Gasteiger charge is 2.33. The van der Waals surface area contributed by atoms with E-state index in [1.807, 2.05) is 47.4 Å². The van der Waals surface area contributed by atoms with Gasteiger partial charge >= 0.3 is 0 Å². The molecule has 1 atom stereocenters. The van der Waals surface area contributed by atoms with Gasteiger partial charge in [-0.2, -0.15) is 5.10 Å². The van der Waals surface area contributed by atoms with Crippen molar-refractivity contribution in [1.29, 1.82) is 0 Å². The van der Waals surface area contributed by atoms with Crippen molar-refractivity contribution in [3.63, 3.8) is 0 Å². The lowest BCUT2D eigenvalue weighted by atomic mass is 10.0. The number of para-hydroxylation sites is 1. The average molecular weight is 363 g/mol. The van der Waals surface area contributed by atoms with Gasteiger partial charge in [-0.15, -0.1) is 0 Å². The van der Waals surface area contributed by atoms with Gasteiger partial charge in [-0.3, -0.25) is 9.89 Å². The van der Waals surface area contributed by atoms with Crippen LogP contribution >= 0.6 is 0 Å². The number of rotatable bonds is 2. The van der Waals surface area contributed by atoms with E-state index < -0.39 is 0 Å². The second kappa shape index (κ2) is 6.61. The van der Waals surface area contributed by atoms with E-state index in [2.05, 4.69) is 10.2 Å². The van der Waals surface area contributed by atoms with Gasteiger partial charge in [-0.05, 0) is 36.6 Å². The molecule has 27 heavy (non-hydrogen) atoms. The van der Waals surface area contributed by atoms with Crippen LogP contribution in [0.5, 0.6) is 11.5 Å². The molecule has 0 aliphatic carbocycles. The van der Waals surface area contributed by atoms with E-state index in [9.17, 15) is 4.79 Å². The number of likely N-dealkylation sites (tertiary alicyclic amines) is 1. The topological polar surface area (TPSA) is 67.5 Å². The van der Waals surface area contributed by atoms with Crippen LogP contribution in [0.4, 0.5) is 0 Å². The van der Waals surface area contributed by atoms with Crippen LogP contribution in [-0.2, 0) is 0 Å². The summed E-state index contributed by atoms with van der Waals surface area (Å²) in [6.45, 7) is 2.06. The first kappa shape index (κ1) is 16.2. The van der Waals surface area contributed by atoms with Crippen molar-refractivity contribution in [2.45, 2.75) is 25.3 Å². The Morgan fingerprint density at radius 2 is 1.93 bits per heavy atom. The Bertz CT molecular complexity index is 997. The predicted molar refractivity (Wildman–Crippen MR) is 101 cm³/mol. The highest BCUT2D eigenvalue weighted by molar-refractivity contribution is 6.04. The molecule has 138 valence electrons. The highest BCUT2D eigenvalue weighted by Crippen LogP contribution is 2.38. The van der Waals surface area contributed by atoms with Crippen molar-refractivity contribution in [2.75, 3.05) is 19.8 Å². The molecule has 0 bridgehead atoms. The first-order valence-electron chi connectivity index (χ1n) is 9.45. The summed E-state index contributed by atoms with van der Waals surface area (Å²) in [6, 6.07) is 13.8. The second-order valence-electron chi connectivity index (χ2n) is 7.03. The molecule has 1 amide bonds. The third-order valence-electron chi connectivity index (χ3n) is 5.34. The zero-order valence-corrected chi connectivity index (χ0v) is 15.0. The van der Waals surface area contributed by atoms with E-state index >= 15 is 0 Å². The number of benzene rings is 2. The first-order chi connectivity index (χ1) is 13.3. The lowest BCUT2D eigenvalue weighted by Gasteiger charge is -2.25. The predicted octanol–water partition coefficient (Wildman–Crippen LogP) is 3.70. The Labute approximate surface area is 157 Å². The third kappa shape index (κ3) is 2.81. The molecule has 1 aromatic heterocycles. The summed E-state index contributed by atoms with van der Waals surface area (Å²) >= 11 is 0. The number of aromatic nitrogens is 2. The van der Waals surface area contributed by atoms with Gasteiger partial charge in [0.2, 0.25) is 0 Å². The van der Waals surface area contributed by atoms with E-state index in [1.165, 1.54) is 0 Å².